The molecule has 2 nitrogen and oxygen atoms in total. The fourth-order valence-electron chi connectivity index (χ4n) is 2.19. The average molecular weight is 247 g/mol. The van der Waals surface area contributed by atoms with Gasteiger partial charge in [-0.25, -0.2) is 0 Å². The highest BCUT2D eigenvalue weighted by Crippen LogP contribution is 2.37. The van der Waals surface area contributed by atoms with Crippen molar-refractivity contribution in [3.63, 3.8) is 0 Å². The van der Waals surface area contributed by atoms with E-state index in [2.05, 4.69) is 17.1 Å². The van der Waals surface area contributed by atoms with E-state index in [1.54, 1.807) is 0 Å². The quantitative estimate of drug-likeness (QED) is 0.903. The Labute approximate surface area is 106 Å². The predicted molar refractivity (Wildman–Crippen MR) is 71.2 cm³/mol. The van der Waals surface area contributed by atoms with Crippen molar-refractivity contribution >= 4 is 22.5 Å². The van der Waals surface area contributed by atoms with Gasteiger partial charge in [-0.3, -0.25) is 4.98 Å². The molecule has 1 fully saturated rings. The number of halogens is 1. The molecule has 88 valence electrons. The van der Waals surface area contributed by atoms with E-state index in [0.29, 0.717) is 0 Å². The zero-order valence-corrected chi connectivity index (χ0v) is 10.4. The van der Waals surface area contributed by atoms with Crippen LogP contribution in [0.5, 0.6) is 0 Å². The van der Waals surface area contributed by atoms with Gasteiger partial charge in [0.15, 0.2) is 0 Å². The van der Waals surface area contributed by atoms with Crippen LogP contribution in [0.25, 0.3) is 10.9 Å². The van der Waals surface area contributed by atoms with Crippen LogP contribution in [-0.4, -0.2) is 10.5 Å². The highest BCUT2D eigenvalue weighted by atomic mass is 35.5. The van der Waals surface area contributed by atoms with E-state index in [1.165, 1.54) is 23.8 Å². The van der Waals surface area contributed by atoms with Crippen LogP contribution in [0, 0.1) is 0 Å². The van der Waals surface area contributed by atoms with Gasteiger partial charge in [0.1, 0.15) is 0 Å². The Balaban J connectivity index is 1.92. The zero-order chi connectivity index (χ0) is 11.9. The predicted octanol–water partition coefficient (Wildman–Crippen LogP) is 3.31. The summed E-state index contributed by atoms with van der Waals surface area (Å²) in [5.41, 5.74) is 8.53. The lowest BCUT2D eigenvalue weighted by Gasteiger charge is -2.10. The molecule has 17 heavy (non-hydrogen) atoms. The SMILES string of the molecule is NC1(CCc2ccnc3cc(Cl)ccc23)CC1. The molecule has 0 saturated heterocycles. The number of aryl methyl sites for hydroxylation is 1. The molecule has 0 spiro atoms. The first kappa shape index (κ1) is 11.0. The molecule has 1 aromatic carbocycles. The highest BCUT2D eigenvalue weighted by molar-refractivity contribution is 6.31. The Morgan fingerprint density at radius 1 is 1.29 bits per heavy atom. The lowest BCUT2D eigenvalue weighted by Crippen LogP contribution is -2.22. The van der Waals surface area contributed by atoms with Crippen molar-refractivity contribution in [1.29, 1.82) is 0 Å². The number of nitrogens with zero attached hydrogens (tertiary/aromatic N) is 1. The van der Waals surface area contributed by atoms with Crippen LogP contribution in [0.1, 0.15) is 24.8 Å². The number of benzene rings is 1. The summed E-state index contributed by atoms with van der Waals surface area (Å²) < 4.78 is 0. The maximum atomic E-state index is 6.13. The number of hydrogen-bond acceptors (Lipinski definition) is 2. The van der Waals surface area contributed by atoms with Crippen LogP contribution in [0.2, 0.25) is 5.02 Å². The normalized spacial score (nSPS) is 17.3. The summed E-state index contributed by atoms with van der Waals surface area (Å²) >= 11 is 5.97. The van der Waals surface area contributed by atoms with E-state index in [1.807, 2.05) is 18.3 Å². The van der Waals surface area contributed by atoms with Crippen molar-refractivity contribution in [2.24, 2.45) is 5.73 Å². The molecule has 1 aliphatic carbocycles. The number of hydrogen-bond donors (Lipinski definition) is 1. The van der Waals surface area contributed by atoms with Crippen LogP contribution >= 0.6 is 11.6 Å². The molecule has 1 saturated carbocycles. The average Bonchev–Trinajstić information content (AvgIpc) is 3.05. The summed E-state index contributed by atoms with van der Waals surface area (Å²) in [7, 11) is 0. The van der Waals surface area contributed by atoms with E-state index in [0.717, 1.165) is 23.4 Å². The fourth-order valence-corrected chi connectivity index (χ4v) is 2.36. The Morgan fingerprint density at radius 2 is 2.12 bits per heavy atom. The highest BCUT2D eigenvalue weighted by Gasteiger charge is 2.37. The third-order valence-electron chi connectivity index (χ3n) is 3.58. The summed E-state index contributed by atoms with van der Waals surface area (Å²) in [6.07, 6.45) is 6.28. The van der Waals surface area contributed by atoms with Crippen molar-refractivity contribution in [1.82, 2.24) is 4.98 Å². The number of fused-ring (bicyclic) bond motifs is 1. The van der Waals surface area contributed by atoms with Crippen LogP contribution < -0.4 is 5.73 Å². The Morgan fingerprint density at radius 3 is 2.88 bits per heavy atom. The Hall–Kier alpha value is -1.12. The van der Waals surface area contributed by atoms with E-state index in [4.69, 9.17) is 17.3 Å². The fraction of sp³-hybridized carbons (Fsp3) is 0.357. The molecule has 0 atom stereocenters. The topological polar surface area (TPSA) is 38.9 Å². The van der Waals surface area contributed by atoms with Crippen molar-refractivity contribution in [2.75, 3.05) is 0 Å². The van der Waals surface area contributed by atoms with E-state index >= 15 is 0 Å². The number of pyridine rings is 1. The van der Waals surface area contributed by atoms with Gasteiger partial charge in [-0.2, -0.15) is 0 Å². The van der Waals surface area contributed by atoms with E-state index in [9.17, 15) is 0 Å². The second-order valence-corrected chi connectivity index (χ2v) is 5.43. The lowest BCUT2D eigenvalue weighted by atomic mass is 10.0. The molecule has 1 heterocycles. The molecule has 1 aromatic heterocycles. The van der Waals surface area contributed by atoms with Gasteiger partial charge in [0.2, 0.25) is 0 Å². The molecule has 0 unspecified atom stereocenters. The minimum atomic E-state index is 0.113. The molecular weight excluding hydrogens is 232 g/mol. The third-order valence-corrected chi connectivity index (χ3v) is 3.81. The van der Waals surface area contributed by atoms with Crippen LogP contribution in [0.4, 0.5) is 0 Å². The van der Waals surface area contributed by atoms with Crippen molar-refractivity contribution in [3.05, 3.63) is 41.0 Å². The first-order valence-corrected chi connectivity index (χ1v) is 6.36. The zero-order valence-electron chi connectivity index (χ0n) is 9.62. The lowest BCUT2D eigenvalue weighted by molar-refractivity contribution is 0.610. The molecule has 0 aliphatic heterocycles. The maximum absolute atomic E-state index is 6.13. The van der Waals surface area contributed by atoms with Gasteiger partial charge >= 0.3 is 0 Å². The van der Waals surface area contributed by atoms with Gasteiger partial charge in [0, 0.05) is 22.1 Å². The molecule has 0 amide bonds. The summed E-state index contributed by atoms with van der Waals surface area (Å²) in [5, 5.41) is 1.93. The van der Waals surface area contributed by atoms with Crippen molar-refractivity contribution in [2.45, 2.75) is 31.2 Å². The van der Waals surface area contributed by atoms with Gasteiger partial charge < -0.3 is 5.73 Å². The number of nitrogens with two attached hydrogens (primary N) is 1. The van der Waals surface area contributed by atoms with Gasteiger partial charge in [0.25, 0.3) is 0 Å². The van der Waals surface area contributed by atoms with E-state index in [-0.39, 0.29) is 5.54 Å². The molecular formula is C14H15ClN2. The monoisotopic (exact) mass is 246 g/mol. The molecule has 3 heteroatoms. The van der Waals surface area contributed by atoms with Crippen molar-refractivity contribution < 1.29 is 0 Å². The third kappa shape index (κ3) is 2.28. The maximum Gasteiger partial charge on any atom is 0.0719 e. The molecule has 0 bridgehead atoms. The van der Waals surface area contributed by atoms with E-state index < -0.39 is 0 Å². The summed E-state index contributed by atoms with van der Waals surface area (Å²) in [6, 6.07) is 7.97. The minimum absolute atomic E-state index is 0.113. The minimum Gasteiger partial charge on any atom is -0.325 e. The standard InChI is InChI=1S/C14H15ClN2/c15-11-1-2-12-10(3-5-14(16)6-7-14)4-8-17-13(12)9-11/h1-2,4,8-9H,3,5-7,16H2. The first-order chi connectivity index (χ1) is 8.16. The van der Waals surface area contributed by atoms with Crippen molar-refractivity contribution in [3.8, 4) is 0 Å². The van der Waals surface area contributed by atoms with Crippen LogP contribution in [0.15, 0.2) is 30.5 Å². The molecule has 3 rings (SSSR count). The van der Waals surface area contributed by atoms with Crippen LogP contribution in [0.3, 0.4) is 0 Å². The number of rotatable bonds is 3. The van der Waals surface area contributed by atoms with Gasteiger partial charge in [-0.05, 0) is 49.4 Å². The summed E-state index contributed by atoms with van der Waals surface area (Å²) in [6.45, 7) is 0. The Kier molecular flexibility index (Phi) is 2.57. The van der Waals surface area contributed by atoms with Gasteiger partial charge in [-0.15, -0.1) is 0 Å². The summed E-state index contributed by atoms with van der Waals surface area (Å²) in [4.78, 5) is 4.35. The molecule has 2 aromatic rings. The smallest absolute Gasteiger partial charge is 0.0719 e. The second-order valence-electron chi connectivity index (χ2n) is 4.99. The van der Waals surface area contributed by atoms with Gasteiger partial charge in [-0.1, -0.05) is 17.7 Å². The Bertz CT molecular complexity index is 561. The second kappa shape index (κ2) is 3.97. The molecule has 2 N–H and O–H groups in total. The van der Waals surface area contributed by atoms with Crippen LogP contribution in [-0.2, 0) is 6.42 Å². The van der Waals surface area contributed by atoms with Gasteiger partial charge in [0.05, 0.1) is 5.52 Å². The molecule has 1 aliphatic rings. The molecule has 0 radical (unpaired) electrons. The largest absolute Gasteiger partial charge is 0.325 e. The summed E-state index contributed by atoms with van der Waals surface area (Å²) in [5.74, 6) is 0. The first-order valence-electron chi connectivity index (χ1n) is 5.98. The number of aromatic nitrogens is 1.